The zero-order chi connectivity index (χ0) is 16.8. The summed E-state index contributed by atoms with van der Waals surface area (Å²) in [6, 6.07) is 6.84. The second-order valence-corrected chi connectivity index (χ2v) is 8.56. The zero-order valence-electron chi connectivity index (χ0n) is 11.9. The largest absolute Gasteiger partial charge is 0.464 e. The number of aromatic amines is 1. The van der Waals surface area contributed by atoms with Crippen LogP contribution in [-0.2, 0) is 9.84 Å². The lowest BCUT2D eigenvalue weighted by Crippen LogP contribution is -2.15. The number of ketones is 1. The fourth-order valence-electron chi connectivity index (χ4n) is 2.39. The van der Waals surface area contributed by atoms with Crippen LogP contribution in [0.25, 0.3) is 22.2 Å². The lowest BCUT2D eigenvalue weighted by molar-refractivity contribution is 0.101. The van der Waals surface area contributed by atoms with Crippen LogP contribution in [0.4, 0.5) is 0 Å². The van der Waals surface area contributed by atoms with Gasteiger partial charge in [0.05, 0.1) is 22.5 Å². The van der Waals surface area contributed by atoms with E-state index in [-0.39, 0.29) is 5.69 Å². The Morgan fingerprint density at radius 1 is 1.39 bits per heavy atom. The molecule has 2 heterocycles. The predicted molar refractivity (Wildman–Crippen MR) is 92.8 cm³/mol. The topological polar surface area (TPSA) is 80.1 Å². The fourth-order valence-corrected chi connectivity index (χ4v) is 3.51. The number of benzene rings is 1. The van der Waals surface area contributed by atoms with Crippen molar-refractivity contribution in [2.24, 2.45) is 0 Å². The molecule has 0 radical (unpaired) electrons. The molecule has 0 aliphatic rings. The summed E-state index contributed by atoms with van der Waals surface area (Å²) in [5.41, 5.74) is 1.35. The third kappa shape index (κ3) is 3.22. The third-order valence-corrected chi connectivity index (χ3v) is 5.26. The second kappa shape index (κ2) is 5.81. The first-order valence-corrected chi connectivity index (χ1v) is 9.75. The van der Waals surface area contributed by atoms with Gasteiger partial charge in [0.2, 0.25) is 0 Å². The number of carbonyl (C=O) groups excluding carboxylic acids is 1. The summed E-state index contributed by atoms with van der Waals surface area (Å²) in [5, 5.41) is 1.16. The average Bonchev–Trinajstić information content (AvgIpc) is 3.04. The van der Waals surface area contributed by atoms with Gasteiger partial charge in [-0.05, 0) is 40.2 Å². The molecule has 0 unspecified atom stereocenters. The zero-order valence-corrected chi connectivity index (χ0v) is 15.0. The van der Waals surface area contributed by atoms with Crippen LogP contribution in [0.15, 0.2) is 39.4 Å². The van der Waals surface area contributed by atoms with Gasteiger partial charge < -0.3 is 9.40 Å². The van der Waals surface area contributed by atoms with Crippen molar-refractivity contribution >= 4 is 54.1 Å². The molecule has 120 valence electrons. The van der Waals surface area contributed by atoms with Crippen molar-refractivity contribution in [2.45, 2.75) is 0 Å². The van der Waals surface area contributed by atoms with Crippen LogP contribution >= 0.6 is 27.5 Å². The SMILES string of the molecule is CS(=O)(=O)CC(=O)c1[nH]c2cc(Br)c(Cl)cc2c1-c1ccco1. The molecule has 1 aromatic carbocycles. The van der Waals surface area contributed by atoms with Gasteiger partial charge in [-0.25, -0.2) is 8.42 Å². The number of aromatic nitrogens is 1. The highest BCUT2D eigenvalue weighted by Crippen LogP contribution is 2.37. The van der Waals surface area contributed by atoms with Gasteiger partial charge in [0.25, 0.3) is 0 Å². The van der Waals surface area contributed by atoms with Gasteiger partial charge in [0.15, 0.2) is 15.6 Å². The van der Waals surface area contributed by atoms with E-state index in [0.717, 1.165) is 6.26 Å². The van der Waals surface area contributed by atoms with Gasteiger partial charge in [-0.15, -0.1) is 0 Å². The highest BCUT2D eigenvalue weighted by Gasteiger charge is 2.24. The van der Waals surface area contributed by atoms with E-state index >= 15 is 0 Å². The van der Waals surface area contributed by atoms with Crippen molar-refractivity contribution in [3.63, 3.8) is 0 Å². The molecule has 0 bridgehead atoms. The summed E-state index contributed by atoms with van der Waals surface area (Å²) < 4.78 is 29.0. The Hall–Kier alpha value is -1.57. The highest BCUT2D eigenvalue weighted by molar-refractivity contribution is 9.10. The van der Waals surface area contributed by atoms with E-state index in [0.29, 0.717) is 31.7 Å². The van der Waals surface area contributed by atoms with Crippen molar-refractivity contribution in [1.82, 2.24) is 4.98 Å². The smallest absolute Gasteiger partial charge is 0.194 e. The Labute approximate surface area is 145 Å². The van der Waals surface area contributed by atoms with E-state index in [1.54, 1.807) is 24.3 Å². The molecule has 8 heteroatoms. The summed E-state index contributed by atoms with van der Waals surface area (Å²) in [6.07, 6.45) is 2.51. The molecule has 0 aliphatic heterocycles. The quantitative estimate of drug-likeness (QED) is 0.650. The maximum absolute atomic E-state index is 12.4. The van der Waals surface area contributed by atoms with Gasteiger partial charge >= 0.3 is 0 Å². The lowest BCUT2D eigenvalue weighted by Gasteiger charge is -2.01. The second-order valence-electron chi connectivity index (χ2n) is 5.16. The average molecular weight is 417 g/mol. The van der Waals surface area contributed by atoms with Crippen molar-refractivity contribution in [3.05, 3.63) is 45.7 Å². The molecule has 3 aromatic rings. The minimum Gasteiger partial charge on any atom is -0.464 e. The Bertz CT molecular complexity index is 1010. The molecule has 0 aliphatic carbocycles. The predicted octanol–water partition coefficient (Wildman–Crippen LogP) is 4.07. The number of hydrogen-bond acceptors (Lipinski definition) is 4. The molecule has 5 nitrogen and oxygen atoms in total. The third-order valence-electron chi connectivity index (χ3n) is 3.28. The highest BCUT2D eigenvalue weighted by atomic mass is 79.9. The van der Waals surface area contributed by atoms with E-state index in [4.69, 9.17) is 16.0 Å². The first-order chi connectivity index (χ1) is 10.8. The monoisotopic (exact) mass is 415 g/mol. The van der Waals surface area contributed by atoms with E-state index in [9.17, 15) is 13.2 Å². The number of hydrogen-bond donors (Lipinski definition) is 1. The van der Waals surface area contributed by atoms with Gasteiger partial charge in [-0.1, -0.05) is 11.6 Å². The molecule has 0 saturated carbocycles. The number of nitrogens with one attached hydrogen (secondary N) is 1. The molecule has 0 spiro atoms. The minimum atomic E-state index is -3.45. The Morgan fingerprint density at radius 2 is 2.13 bits per heavy atom. The van der Waals surface area contributed by atoms with E-state index in [1.165, 1.54) is 6.26 Å². The summed E-state index contributed by atoms with van der Waals surface area (Å²) in [7, 11) is -3.45. The molecule has 0 saturated heterocycles. The van der Waals surface area contributed by atoms with Crippen molar-refractivity contribution in [2.75, 3.05) is 12.0 Å². The normalized spacial score (nSPS) is 12.0. The first-order valence-electron chi connectivity index (χ1n) is 6.52. The number of rotatable bonds is 4. The van der Waals surface area contributed by atoms with Crippen molar-refractivity contribution < 1.29 is 17.6 Å². The number of halogens is 2. The number of furan rings is 1. The van der Waals surface area contributed by atoms with Crippen LogP contribution in [0.1, 0.15) is 10.5 Å². The molecule has 3 rings (SSSR count). The van der Waals surface area contributed by atoms with Crippen LogP contribution < -0.4 is 0 Å². The summed E-state index contributed by atoms with van der Waals surface area (Å²) in [5.74, 6) is -0.642. The summed E-state index contributed by atoms with van der Waals surface area (Å²) in [4.78, 5) is 15.4. The maximum atomic E-state index is 12.4. The first kappa shape index (κ1) is 16.3. The molecule has 23 heavy (non-hydrogen) atoms. The Morgan fingerprint density at radius 3 is 2.74 bits per heavy atom. The van der Waals surface area contributed by atoms with Gasteiger partial charge in [-0.2, -0.15) is 0 Å². The van der Waals surface area contributed by atoms with Crippen LogP contribution in [-0.4, -0.2) is 31.2 Å². The number of carbonyl (C=O) groups is 1. The maximum Gasteiger partial charge on any atom is 0.194 e. The molecular formula is C15H11BrClNO4S. The Kier molecular flexibility index (Phi) is 4.12. The van der Waals surface area contributed by atoms with Crippen LogP contribution in [0.5, 0.6) is 0 Å². The van der Waals surface area contributed by atoms with Gasteiger partial charge in [0, 0.05) is 21.6 Å². The standard InChI is InChI=1S/C15H11BrClNO4S/c1-23(20,21)7-12(19)15-14(13-3-2-4-22-13)8-5-10(17)9(16)6-11(8)18-15/h2-6,18H,7H2,1H3. The minimum absolute atomic E-state index is 0.189. The Balaban J connectivity index is 2.28. The van der Waals surface area contributed by atoms with E-state index < -0.39 is 21.4 Å². The molecule has 0 amide bonds. The van der Waals surface area contributed by atoms with Gasteiger partial charge in [-0.3, -0.25) is 4.79 Å². The van der Waals surface area contributed by atoms with E-state index in [1.807, 2.05) is 0 Å². The van der Waals surface area contributed by atoms with Crippen molar-refractivity contribution in [1.29, 1.82) is 0 Å². The lowest BCUT2D eigenvalue weighted by atomic mass is 10.1. The number of Topliss-reactive ketones (excluding diaryl/α,β-unsaturated/α-hetero) is 1. The van der Waals surface area contributed by atoms with Crippen LogP contribution in [0.3, 0.4) is 0 Å². The molecule has 0 atom stereocenters. The summed E-state index contributed by atoms with van der Waals surface area (Å²) in [6.45, 7) is 0. The number of sulfone groups is 1. The molecule has 2 aromatic heterocycles. The van der Waals surface area contributed by atoms with Crippen molar-refractivity contribution in [3.8, 4) is 11.3 Å². The number of H-pyrrole nitrogens is 1. The fraction of sp³-hybridized carbons (Fsp3) is 0.133. The van der Waals surface area contributed by atoms with Crippen LogP contribution in [0, 0.1) is 0 Å². The van der Waals surface area contributed by atoms with E-state index in [2.05, 4.69) is 20.9 Å². The summed E-state index contributed by atoms with van der Waals surface area (Å²) >= 11 is 9.47. The molecule has 1 N–H and O–H groups in total. The number of fused-ring (bicyclic) bond motifs is 1. The molecule has 0 fully saturated rings. The molecular weight excluding hydrogens is 406 g/mol. The van der Waals surface area contributed by atoms with Gasteiger partial charge in [0.1, 0.15) is 11.5 Å². The van der Waals surface area contributed by atoms with Crippen LogP contribution in [0.2, 0.25) is 5.02 Å².